The van der Waals surface area contributed by atoms with Gasteiger partial charge >= 0.3 is 0 Å². The van der Waals surface area contributed by atoms with Crippen molar-refractivity contribution in [2.45, 2.75) is 6.54 Å². The van der Waals surface area contributed by atoms with E-state index in [1.807, 2.05) is 12.1 Å². The molecule has 0 aromatic heterocycles. The molecule has 1 heterocycles. The number of hydrogen-bond donors (Lipinski definition) is 1. The summed E-state index contributed by atoms with van der Waals surface area (Å²) < 4.78 is 10.7. The van der Waals surface area contributed by atoms with Crippen LogP contribution in [0.2, 0.25) is 0 Å². The van der Waals surface area contributed by atoms with E-state index < -0.39 is 0 Å². The van der Waals surface area contributed by atoms with E-state index in [0.29, 0.717) is 38.6 Å². The Labute approximate surface area is 129 Å². The number of carbonyl (C=O) groups is 2. The summed E-state index contributed by atoms with van der Waals surface area (Å²) in [6.07, 6.45) is 1.23. The Morgan fingerprint density at radius 3 is 2.59 bits per heavy atom. The van der Waals surface area contributed by atoms with Crippen LogP contribution in [0.25, 0.3) is 0 Å². The Kier molecular flexibility index (Phi) is 5.97. The monoisotopic (exact) mass is 304 g/mol. The Bertz CT molecular complexity index is 521. The van der Waals surface area contributed by atoms with Crippen molar-refractivity contribution in [2.24, 2.45) is 0 Å². The standard InChI is InChI=1S/C16H20N2O4/c1-2-15(19)17-11-13-3-5-14(6-4-13)22-12-16(20)18-7-9-21-10-8-18/h2-6H,1,7-12H2,(H,17,19). The summed E-state index contributed by atoms with van der Waals surface area (Å²) in [4.78, 5) is 24.8. The topological polar surface area (TPSA) is 67.9 Å². The molecule has 1 aliphatic rings. The number of benzene rings is 1. The molecule has 2 rings (SSSR count). The van der Waals surface area contributed by atoms with Crippen LogP contribution in [0, 0.1) is 0 Å². The molecule has 0 spiro atoms. The SMILES string of the molecule is C=CC(=O)NCc1ccc(OCC(=O)N2CCOCC2)cc1. The third-order valence-electron chi connectivity index (χ3n) is 3.30. The van der Waals surface area contributed by atoms with Crippen molar-refractivity contribution in [1.29, 1.82) is 0 Å². The highest BCUT2D eigenvalue weighted by Gasteiger charge is 2.16. The number of amides is 2. The van der Waals surface area contributed by atoms with Crippen molar-refractivity contribution in [1.82, 2.24) is 10.2 Å². The van der Waals surface area contributed by atoms with Crippen LogP contribution in [0.4, 0.5) is 0 Å². The Morgan fingerprint density at radius 1 is 1.27 bits per heavy atom. The summed E-state index contributed by atoms with van der Waals surface area (Å²) in [5.41, 5.74) is 0.946. The largest absolute Gasteiger partial charge is 0.484 e. The fourth-order valence-electron chi connectivity index (χ4n) is 2.01. The molecule has 1 aromatic rings. The summed E-state index contributed by atoms with van der Waals surface area (Å²) in [6, 6.07) is 7.25. The molecule has 1 saturated heterocycles. The second kappa shape index (κ2) is 8.19. The molecule has 22 heavy (non-hydrogen) atoms. The van der Waals surface area contributed by atoms with E-state index in [1.165, 1.54) is 6.08 Å². The van der Waals surface area contributed by atoms with Gasteiger partial charge in [-0.3, -0.25) is 9.59 Å². The first-order valence-electron chi connectivity index (χ1n) is 7.16. The molecular formula is C16H20N2O4. The van der Waals surface area contributed by atoms with E-state index in [4.69, 9.17) is 9.47 Å². The highest BCUT2D eigenvalue weighted by atomic mass is 16.5. The van der Waals surface area contributed by atoms with Crippen LogP contribution in [0.3, 0.4) is 0 Å². The van der Waals surface area contributed by atoms with Gasteiger partial charge in [0.25, 0.3) is 5.91 Å². The van der Waals surface area contributed by atoms with Crippen molar-refractivity contribution in [3.63, 3.8) is 0 Å². The normalized spacial score (nSPS) is 14.3. The molecule has 0 unspecified atom stereocenters. The van der Waals surface area contributed by atoms with Crippen molar-refractivity contribution in [2.75, 3.05) is 32.9 Å². The van der Waals surface area contributed by atoms with E-state index >= 15 is 0 Å². The third-order valence-corrected chi connectivity index (χ3v) is 3.30. The third kappa shape index (κ3) is 4.89. The Hall–Kier alpha value is -2.34. The minimum absolute atomic E-state index is 0.0204. The van der Waals surface area contributed by atoms with Crippen LogP contribution in [0.1, 0.15) is 5.56 Å². The lowest BCUT2D eigenvalue weighted by Crippen LogP contribution is -2.42. The average Bonchev–Trinajstić information content (AvgIpc) is 2.59. The molecule has 0 aliphatic carbocycles. The summed E-state index contributed by atoms with van der Waals surface area (Å²) in [5, 5.41) is 2.69. The predicted molar refractivity (Wildman–Crippen MR) is 81.4 cm³/mol. The molecule has 0 bridgehead atoms. The van der Waals surface area contributed by atoms with Gasteiger partial charge in [-0.1, -0.05) is 18.7 Å². The summed E-state index contributed by atoms with van der Waals surface area (Å²) in [5.74, 6) is 0.377. The zero-order valence-electron chi connectivity index (χ0n) is 12.4. The van der Waals surface area contributed by atoms with Gasteiger partial charge in [-0.05, 0) is 23.8 Å². The lowest BCUT2D eigenvalue weighted by atomic mass is 10.2. The zero-order valence-corrected chi connectivity index (χ0v) is 12.4. The van der Waals surface area contributed by atoms with Gasteiger partial charge in [0.1, 0.15) is 5.75 Å². The summed E-state index contributed by atoms with van der Waals surface area (Å²) in [7, 11) is 0. The second-order valence-corrected chi connectivity index (χ2v) is 4.85. The van der Waals surface area contributed by atoms with Crippen LogP contribution >= 0.6 is 0 Å². The quantitative estimate of drug-likeness (QED) is 0.787. The number of rotatable bonds is 6. The molecule has 1 aromatic carbocycles. The number of nitrogens with zero attached hydrogens (tertiary/aromatic N) is 1. The molecule has 0 atom stereocenters. The molecule has 1 fully saturated rings. The smallest absolute Gasteiger partial charge is 0.260 e. The van der Waals surface area contributed by atoms with Gasteiger partial charge in [0.15, 0.2) is 6.61 Å². The molecule has 118 valence electrons. The van der Waals surface area contributed by atoms with Crippen molar-refractivity contribution in [3.8, 4) is 5.75 Å². The average molecular weight is 304 g/mol. The minimum Gasteiger partial charge on any atom is -0.484 e. The molecule has 1 N–H and O–H groups in total. The van der Waals surface area contributed by atoms with Crippen LogP contribution in [-0.4, -0.2) is 49.6 Å². The maximum atomic E-state index is 11.9. The summed E-state index contributed by atoms with van der Waals surface area (Å²) >= 11 is 0. The Balaban J connectivity index is 1.77. The lowest BCUT2D eigenvalue weighted by Gasteiger charge is -2.26. The van der Waals surface area contributed by atoms with Crippen LogP contribution < -0.4 is 10.1 Å². The fourth-order valence-corrected chi connectivity index (χ4v) is 2.01. The number of hydrogen-bond acceptors (Lipinski definition) is 4. The van der Waals surface area contributed by atoms with Gasteiger partial charge in [0.05, 0.1) is 13.2 Å². The first-order valence-corrected chi connectivity index (χ1v) is 7.16. The van der Waals surface area contributed by atoms with Gasteiger partial charge in [-0.15, -0.1) is 0 Å². The molecule has 2 amide bonds. The maximum absolute atomic E-state index is 11.9. The molecule has 6 nitrogen and oxygen atoms in total. The van der Waals surface area contributed by atoms with E-state index in [0.717, 1.165) is 5.56 Å². The van der Waals surface area contributed by atoms with E-state index in [1.54, 1.807) is 17.0 Å². The van der Waals surface area contributed by atoms with Crippen molar-refractivity contribution in [3.05, 3.63) is 42.5 Å². The van der Waals surface area contributed by atoms with E-state index in [9.17, 15) is 9.59 Å². The van der Waals surface area contributed by atoms with Crippen molar-refractivity contribution < 1.29 is 19.1 Å². The van der Waals surface area contributed by atoms with Gasteiger partial charge in [-0.25, -0.2) is 0 Å². The molecule has 0 saturated carbocycles. The van der Waals surface area contributed by atoms with Crippen LogP contribution in [-0.2, 0) is 20.9 Å². The number of nitrogens with one attached hydrogen (secondary N) is 1. The number of carbonyl (C=O) groups excluding carboxylic acids is 2. The fraction of sp³-hybridized carbons (Fsp3) is 0.375. The Morgan fingerprint density at radius 2 is 1.95 bits per heavy atom. The van der Waals surface area contributed by atoms with Crippen LogP contribution in [0.15, 0.2) is 36.9 Å². The summed E-state index contributed by atoms with van der Waals surface area (Å²) in [6.45, 7) is 6.23. The maximum Gasteiger partial charge on any atom is 0.260 e. The van der Waals surface area contributed by atoms with E-state index in [-0.39, 0.29) is 18.4 Å². The van der Waals surface area contributed by atoms with Gasteiger partial charge in [0, 0.05) is 19.6 Å². The number of ether oxygens (including phenoxy) is 2. The number of morpholine rings is 1. The molecule has 6 heteroatoms. The zero-order chi connectivity index (χ0) is 15.8. The molecule has 1 aliphatic heterocycles. The molecular weight excluding hydrogens is 284 g/mol. The highest BCUT2D eigenvalue weighted by Crippen LogP contribution is 2.12. The predicted octanol–water partition coefficient (Wildman–Crippen LogP) is 0.726. The second-order valence-electron chi connectivity index (χ2n) is 4.85. The first kappa shape index (κ1) is 16.0. The van der Waals surface area contributed by atoms with Gasteiger partial charge in [-0.2, -0.15) is 0 Å². The lowest BCUT2D eigenvalue weighted by molar-refractivity contribution is -0.137. The van der Waals surface area contributed by atoms with E-state index in [2.05, 4.69) is 11.9 Å². The molecule has 0 radical (unpaired) electrons. The van der Waals surface area contributed by atoms with Gasteiger partial charge < -0.3 is 19.7 Å². The van der Waals surface area contributed by atoms with Crippen LogP contribution in [0.5, 0.6) is 5.75 Å². The van der Waals surface area contributed by atoms with Crippen molar-refractivity contribution >= 4 is 11.8 Å². The highest BCUT2D eigenvalue weighted by molar-refractivity contribution is 5.86. The van der Waals surface area contributed by atoms with Gasteiger partial charge in [0.2, 0.25) is 5.91 Å². The minimum atomic E-state index is -0.212. The first-order chi connectivity index (χ1) is 10.7.